The molecule has 6 nitrogen and oxygen atoms in total. The van der Waals surface area contributed by atoms with Gasteiger partial charge >= 0.3 is 0 Å². The summed E-state index contributed by atoms with van der Waals surface area (Å²) in [7, 11) is 1.95. The first-order chi connectivity index (χ1) is 11.2. The highest BCUT2D eigenvalue weighted by molar-refractivity contribution is 5.78. The van der Waals surface area contributed by atoms with Crippen LogP contribution in [0.1, 0.15) is 29.6 Å². The van der Waals surface area contributed by atoms with Crippen LogP contribution in [0.15, 0.2) is 30.7 Å². The summed E-state index contributed by atoms with van der Waals surface area (Å²) in [6.45, 7) is 4.36. The zero-order chi connectivity index (χ0) is 16.2. The Morgan fingerprint density at radius 1 is 1.30 bits per heavy atom. The van der Waals surface area contributed by atoms with Gasteiger partial charge in [0.1, 0.15) is 5.82 Å². The monoisotopic (exact) mass is 311 g/mol. The number of carbonyl (C=O) groups excluding carboxylic acids is 1. The predicted molar refractivity (Wildman–Crippen MR) is 86.2 cm³/mol. The zero-order valence-corrected chi connectivity index (χ0v) is 13.6. The molecule has 0 aromatic carbocycles. The molecule has 0 N–H and O–H groups in total. The Kier molecular flexibility index (Phi) is 4.62. The van der Waals surface area contributed by atoms with Crippen molar-refractivity contribution in [3.63, 3.8) is 0 Å². The molecular weight excluding hydrogens is 290 g/mol. The number of rotatable bonds is 5. The van der Waals surface area contributed by atoms with Crippen molar-refractivity contribution in [2.45, 2.75) is 33.0 Å². The molecule has 1 amide bonds. The fourth-order valence-corrected chi connectivity index (χ4v) is 2.73. The van der Waals surface area contributed by atoms with Crippen molar-refractivity contribution >= 4 is 5.91 Å². The van der Waals surface area contributed by atoms with Crippen molar-refractivity contribution in [1.29, 1.82) is 0 Å². The summed E-state index contributed by atoms with van der Waals surface area (Å²) in [6.07, 6.45) is 6.21. The molecule has 6 heteroatoms. The molecule has 0 saturated carbocycles. The van der Waals surface area contributed by atoms with Gasteiger partial charge in [0.05, 0.1) is 18.8 Å². The fourth-order valence-electron chi connectivity index (χ4n) is 2.73. The summed E-state index contributed by atoms with van der Waals surface area (Å²) < 4.78 is 0. The molecule has 2 aromatic rings. The summed E-state index contributed by atoms with van der Waals surface area (Å²) >= 11 is 0. The van der Waals surface area contributed by atoms with Gasteiger partial charge in [0.2, 0.25) is 5.91 Å². The van der Waals surface area contributed by atoms with E-state index in [1.807, 2.05) is 42.1 Å². The summed E-state index contributed by atoms with van der Waals surface area (Å²) in [5.74, 6) is 0.963. The maximum atomic E-state index is 12.5. The number of carbonyl (C=O) groups is 1. The van der Waals surface area contributed by atoms with Crippen LogP contribution in [-0.2, 0) is 30.8 Å². The highest BCUT2D eigenvalue weighted by Gasteiger charge is 2.25. The molecule has 0 aliphatic carbocycles. The molecule has 23 heavy (non-hydrogen) atoms. The molecule has 0 unspecified atom stereocenters. The first kappa shape index (κ1) is 15.6. The number of hydrogen-bond donors (Lipinski definition) is 0. The van der Waals surface area contributed by atoms with Gasteiger partial charge in [0.25, 0.3) is 0 Å². The van der Waals surface area contributed by atoms with Gasteiger partial charge in [-0.2, -0.15) is 0 Å². The summed E-state index contributed by atoms with van der Waals surface area (Å²) in [5, 5.41) is 0. The Bertz CT molecular complexity index is 689. The molecular formula is C17H21N5O. The van der Waals surface area contributed by atoms with E-state index < -0.39 is 0 Å². The lowest BCUT2D eigenvalue weighted by molar-refractivity contribution is -0.132. The van der Waals surface area contributed by atoms with Crippen molar-refractivity contribution in [1.82, 2.24) is 24.8 Å². The van der Waals surface area contributed by atoms with Gasteiger partial charge in [-0.1, -0.05) is 6.92 Å². The van der Waals surface area contributed by atoms with Crippen LogP contribution in [0.3, 0.4) is 0 Å². The van der Waals surface area contributed by atoms with Crippen molar-refractivity contribution in [2.75, 3.05) is 13.6 Å². The Morgan fingerprint density at radius 3 is 2.83 bits per heavy atom. The van der Waals surface area contributed by atoms with Crippen LogP contribution in [0.2, 0.25) is 0 Å². The third-order valence-electron chi connectivity index (χ3n) is 3.98. The second-order valence-electron chi connectivity index (χ2n) is 5.89. The summed E-state index contributed by atoms with van der Waals surface area (Å²) in [6, 6.07) is 3.93. The van der Waals surface area contributed by atoms with Crippen LogP contribution in [0.25, 0.3) is 0 Å². The van der Waals surface area contributed by atoms with E-state index >= 15 is 0 Å². The second kappa shape index (κ2) is 6.83. The molecule has 2 aromatic heterocycles. The molecule has 0 atom stereocenters. The van der Waals surface area contributed by atoms with Crippen molar-refractivity contribution in [2.24, 2.45) is 0 Å². The molecule has 3 heterocycles. The van der Waals surface area contributed by atoms with Gasteiger partial charge in [-0.3, -0.25) is 14.7 Å². The Balaban J connectivity index is 1.57. The van der Waals surface area contributed by atoms with Crippen LogP contribution in [0, 0.1) is 0 Å². The summed E-state index contributed by atoms with van der Waals surface area (Å²) in [4.78, 5) is 29.2. The number of pyridine rings is 1. The third kappa shape index (κ3) is 3.71. The van der Waals surface area contributed by atoms with Crippen molar-refractivity contribution in [3.05, 3.63) is 53.4 Å². The number of amides is 1. The first-order valence-corrected chi connectivity index (χ1v) is 7.84. The fraction of sp³-hybridized carbons (Fsp3) is 0.412. The Morgan fingerprint density at radius 2 is 2.09 bits per heavy atom. The normalized spacial score (nSPS) is 13.4. The van der Waals surface area contributed by atoms with Crippen LogP contribution in [0.4, 0.5) is 0 Å². The van der Waals surface area contributed by atoms with Gasteiger partial charge in [-0.15, -0.1) is 0 Å². The molecule has 120 valence electrons. The molecule has 0 fully saturated rings. The molecule has 0 radical (unpaired) electrons. The molecule has 0 bridgehead atoms. The van der Waals surface area contributed by atoms with E-state index in [4.69, 9.17) is 0 Å². The topological polar surface area (TPSA) is 62.2 Å². The second-order valence-corrected chi connectivity index (χ2v) is 5.89. The van der Waals surface area contributed by atoms with E-state index in [1.54, 1.807) is 12.4 Å². The third-order valence-corrected chi connectivity index (χ3v) is 3.98. The van der Waals surface area contributed by atoms with Gasteiger partial charge < -0.3 is 4.90 Å². The van der Waals surface area contributed by atoms with E-state index in [9.17, 15) is 4.79 Å². The van der Waals surface area contributed by atoms with E-state index in [-0.39, 0.29) is 5.91 Å². The number of fused-ring (bicyclic) bond motifs is 1. The number of aryl methyl sites for hydroxylation is 1. The largest absolute Gasteiger partial charge is 0.331 e. The van der Waals surface area contributed by atoms with Gasteiger partial charge in [0.15, 0.2) is 0 Å². The lowest BCUT2D eigenvalue weighted by atomic mass is 10.2. The van der Waals surface area contributed by atoms with Crippen LogP contribution < -0.4 is 0 Å². The van der Waals surface area contributed by atoms with Crippen molar-refractivity contribution in [3.8, 4) is 0 Å². The molecule has 1 aliphatic rings. The maximum absolute atomic E-state index is 12.5. The Hall–Kier alpha value is -2.34. The highest BCUT2D eigenvalue weighted by atomic mass is 16.2. The minimum absolute atomic E-state index is 0.123. The molecule has 0 spiro atoms. The minimum atomic E-state index is 0.123. The summed E-state index contributed by atoms with van der Waals surface area (Å²) in [5.41, 5.74) is 3.20. The standard InChI is InChI=1S/C17H21N5O/c1-3-16-19-8-14-10-22(11-15(14)20-16)17(23)12-21(2)9-13-4-6-18-7-5-13/h4-8H,3,9-12H2,1-2H3. The van der Waals surface area contributed by atoms with E-state index in [1.165, 1.54) is 0 Å². The SMILES string of the molecule is CCc1ncc2c(n1)CN(C(=O)CN(C)Cc1ccncc1)C2. The van der Waals surface area contributed by atoms with Crippen LogP contribution in [0.5, 0.6) is 0 Å². The van der Waals surface area contributed by atoms with Crippen LogP contribution >= 0.6 is 0 Å². The van der Waals surface area contributed by atoms with Crippen LogP contribution in [-0.4, -0.2) is 44.3 Å². The molecule has 1 aliphatic heterocycles. The highest BCUT2D eigenvalue weighted by Crippen LogP contribution is 2.20. The number of nitrogens with zero attached hydrogens (tertiary/aromatic N) is 5. The predicted octanol–water partition coefficient (Wildman–Crippen LogP) is 1.41. The zero-order valence-electron chi connectivity index (χ0n) is 13.6. The maximum Gasteiger partial charge on any atom is 0.237 e. The molecule has 3 rings (SSSR count). The van der Waals surface area contributed by atoms with E-state index in [0.717, 1.165) is 35.6 Å². The van der Waals surface area contributed by atoms with E-state index in [0.29, 0.717) is 19.6 Å². The average Bonchev–Trinajstić information content (AvgIpc) is 2.98. The number of likely N-dealkylation sites (N-methyl/N-ethyl adjacent to an activating group) is 1. The Labute approximate surface area is 136 Å². The quantitative estimate of drug-likeness (QED) is 0.835. The smallest absolute Gasteiger partial charge is 0.237 e. The van der Waals surface area contributed by atoms with Crippen molar-refractivity contribution < 1.29 is 4.79 Å². The number of aromatic nitrogens is 3. The first-order valence-electron chi connectivity index (χ1n) is 7.84. The number of hydrogen-bond acceptors (Lipinski definition) is 5. The minimum Gasteiger partial charge on any atom is -0.331 e. The van der Waals surface area contributed by atoms with Gasteiger partial charge in [-0.25, -0.2) is 9.97 Å². The van der Waals surface area contributed by atoms with E-state index in [2.05, 4.69) is 15.0 Å². The van der Waals surface area contributed by atoms with Gasteiger partial charge in [-0.05, 0) is 24.7 Å². The molecule has 0 saturated heterocycles. The van der Waals surface area contributed by atoms with Gasteiger partial charge in [0, 0.05) is 43.7 Å². The lowest BCUT2D eigenvalue weighted by Crippen LogP contribution is -2.35. The average molecular weight is 311 g/mol. The lowest BCUT2D eigenvalue weighted by Gasteiger charge is -2.21.